The molecule has 3 amide bonds. The summed E-state index contributed by atoms with van der Waals surface area (Å²) in [6.07, 6.45) is 7.93. The number of hydrogen-bond acceptors (Lipinski definition) is 6. The van der Waals surface area contributed by atoms with Crippen molar-refractivity contribution in [2.75, 3.05) is 33.4 Å². The Labute approximate surface area is 178 Å². The Bertz CT molecular complexity index is 694. The van der Waals surface area contributed by atoms with Crippen LogP contribution < -0.4 is 10.6 Å². The monoisotopic (exact) mass is 418 g/mol. The summed E-state index contributed by atoms with van der Waals surface area (Å²) in [6, 6.07) is 3.32. The van der Waals surface area contributed by atoms with Crippen LogP contribution in [-0.4, -0.2) is 61.0 Å². The number of imide groups is 1. The summed E-state index contributed by atoms with van der Waals surface area (Å²) in [5.41, 5.74) is 0.942. The molecule has 0 bridgehead atoms. The molecule has 1 aliphatic carbocycles. The van der Waals surface area contributed by atoms with E-state index in [4.69, 9.17) is 9.47 Å². The van der Waals surface area contributed by atoms with Gasteiger partial charge in [-0.15, -0.1) is 0 Å². The Morgan fingerprint density at radius 3 is 2.70 bits per heavy atom. The van der Waals surface area contributed by atoms with E-state index in [1.165, 1.54) is 4.90 Å². The molecule has 1 aromatic rings. The number of aromatic nitrogens is 1. The maximum atomic E-state index is 13.3. The molecule has 1 aromatic heterocycles. The number of urea groups is 1. The summed E-state index contributed by atoms with van der Waals surface area (Å²) in [7, 11) is 1.84. The number of carbonyl (C=O) groups excluding carboxylic acids is 2. The van der Waals surface area contributed by atoms with E-state index in [1.807, 2.05) is 26.1 Å². The van der Waals surface area contributed by atoms with Crippen LogP contribution in [0.1, 0.15) is 44.6 Å². The molecule has 8 nitrogen and oxygen atoms in total. The van der Waals surface area contributed by atoms with Crippen LogP contribution in [0.5, 0.6) is 0 Å². The third-order valence-corrected chi connectivity index (χ3v) is 6.02. The zero-order valence-electron chi connectivity index (χ0n) is 18.1. The molecule has 2 heterocycles. The van der Waals surface area contributed by atoms with E-state index in [2.05, 4.69) is 15.6 Å². The van der Waals surface area contributed by atoms with Crippen LogP contribution in [0.3, 0.4) is 0 Å². The number of carbonyl (C=O) groups is 2. The minimum atomic E-state index is -0.456. The third-order valence-electron chi connectivity index (χ3n) is 6.02. The minimum Gasteiger partial charge on any atom is -0.348 e. The predicted molar refractivity (Wildman–Crippen MR) is 112 cm³/mol. The molecule has 30 heavy (non-hydrogen) atoms. The van der Waals surface area contributed by atoms with E-state index in [1.54, 1.807) is 12.4 Å². The highest BCUT2D eigenvalue weighted by Crippen LogP contribution is 2.41. The molecule has 1 aliphatic heterocycles. The van der Waals surface area contributed by atoms with Crippen molar-refractivity contribution in [3.8, 4) is 0 Å². The molecule has 1 spiro atoms. The summed E-state index contributed by atoms with van der Waals surface area (Å²) in [4.78, 5) is 31.3. The lowest BCUT2D eigenvalue weighted by molar-refractivity contribution is -0.188. The average Bonchev–Trinajstić information content (AvgIpc) is 3.20. The van der Waals surface area contributed by atoms with Crippen molar-refractivity contribution in [3.63, 3.8) is 0 Å². The molecule has 2 atom stereocenters. The van der Waals surface area contributed by atoms with Crippen LogP contribution in [0.2, 0.25) is 0 Å². The Balaban J connectivity index is 1.59. The third kappa shape index (κ3) is 5.77. The van der Waals surface area contributed by atoms with Gasteiger partial charge in [0.1, 0.15) is 0 Å². The minimum absolute atomic E-state index is 0.132. The normalized spacial score (nSPS) is 21.3. The van der Waals surface area contributed by atoms with Gasteiger partial charge in [-0.05, 0) is 50.4 Å². The fourth-order valence-electron chi connectivity index (χ4n) is 4.58. The van der Waals surface area contributed by atoms with Gasteiger partial charge in [-0.2, -0.15) is 0 Å². The van der Waals surface area contributed by atoms with Crippen LogP contribution in [0.15, 0.2) is 24.5 Å². The molecule has 166 valence electrons. The summed E-state index contributed by atoms with van der Waals surface area (Å²) >= 11 is 0. The van der Waals surface area contributed by atoms with Gasteiger partial charge in [0.2, 0.25) is 5.91 Å². The number of ether oxygens (including phenoxy) is 2. The first-order chi connectivity index (χ1) is 14.6. The van der Waals surface area contributed by atoms with Crippen LogP contribution in [0, 0.1) is 11.8 Å². The van der Waals surface area contributed by atoms with Gasteiger partial charge in [-0.1, -0.05) is 6.42 Å². The number of hydrogen-bond donors (Lipinski definition) is 2. The number of amides is 3. The van der Waals surface area contributed by atoms with Crippen molar-refractivity contribution in [2.45, 2.75) is 51.4 Å². The molecule has 3 rings (SSSR count). The molecule has 2 fully saturated rings. The van der Waals surface area contributed by atoms with Crippen LogP contribution >= 0.6 is 0 Å². The Morgan fingerprint density at radius 2 is 2.03 bits per heavy atom. The largest absolute Gasteiger partial charge is 0.348 e. The SMILES string of the molecule is CCN(C(=O)NCc1ccncc1)C(=O)[C@@H](CNC)C[C@H]1CCCC2(C1)OCCO2. The van der Waals surface area contributed by atoms with E-state index in [0.29, 0.717) is 38.8 Å². The molecular formula is C22H34N4O4. The molecule has 1 saturated carbocycles. The molecule has 2 N–H and O–H groups in total. The van der Waals surface area contributed by atoms with Gasteiger partial charge in [0.05, 0.1) is 19.1 Å². The molecule has 8 heteroatoms. The van der Waals surface area contributed by atoms with E-state index < -0.39 is 5.79 Å². The highest BCUT2D eigenvalue weighted by molar-refractivity contribution is 5.95. The Morgan fingerprint density at radius 1 is 1.30 bits per heavy atom. The topological polar surface area (TPSA) is 92.8 Å². The van der Waals surface area contributed by atoms with Crippen molar-refractivity contribution >= 4 is 11.9 Å². The van der Waals surface area contributed by atoms with Gasteiger partial charge in [-0.25, -0.2) is 4.79 Å². The van der Waals surface area contributed by atoms with Crippen LogP contribution in [0.25, 0.3) is 0 Å². The highest BCUT2D eigenvalue weighted by atomic mass is 16.7. The number of nitrogens with one attached hydrogen (secondary N) is 2. The molecule has 2 aliphatic rings. The second-order valence-corrected chi connectivity index (χ2v) is 8.16. The summed E-state index contributed by atoms with van der Waals surface area (Å²) in [6.45, 7) is 4.36. The Hall–Kier alpha value is -2.03. The lowest BCUT2D eigenvalue weighted by Gasteiger charge is -2.37. The summed E-state index contributed by atoms with van der Waals surface area (Å²) in [5.74, 6) is -0.504. The predicted octanol–water partition coefficient (Wildman–Crippen LogP) is 2.30. The quantitative estimate of drug-likeness (QED) is 0.673. The summed E-state index contributed by atoms with van der Waals surface area (Å²) in [5, 5.41) is 5.98. The van der Waals surface area contributed by atoms with Crippen molar-refractivity contribution in [1.29, 1.82) is 0 Å². The second-order valence-electron chi connectivity index (χ2n) is 8.16. The summed E-state index contributed by atoms with van der Waals surface area (Å²) < 4.78 is 11.8. The maximum absolute atomic E-state index is 13.3. The van der Waals surface area contributed by atoms with E-state index in [-0.39, 0.29) is 17.9 Å². The van der Waals surface area contributed by atoms with Crippen molar-refractivity contribution in [3.05, 3.63) is 30.1 Å². The number of nitrogens with zero attached hydrogens (tertiary/aromatic N) is 2. The molecular weight excluding hydrogens is 384 g/mol. The maximum Gasteiger partial charge on any atom is 0.324 e. The zero-order chi connectivity index (χ0) is 21.4. The van der Waals surface area contributed by atoms with Crippen LogP contribution in [-0.2, 0) is 20.8 Å². The van der Waals surface area contributed by atoms with Gasteiger partial charge in [-0.3, -0.25) is 14.7 Å². The first-order valence-corrected chi connectivity index (χ1v) is 11.0. The fraction of sp³-hybridized carbons (Fsp3) is 0.682. The zero-order valence-corrected chi connectivity index (χ0v) is 18.1. The van der Waals surface area contributed by atoms with E-state index in [0.717, 1.165) is 37.7 Å². The van der Waals surface area contributed by atoms with Gasteiger partial charge in [0.15, 0.2) is 5.79 Å². The first kappa shape index (κ1) is 22.7. The Kier molecular flexibility index (Phi) is 8.18. The average molecular weight is 419 g/mol. The lowest BCUT2D eigenvalue weighted by Crippen LogP contribution is -2.48. The molecule has 1 saturated heterocycles. The number of pyridine rings is 1. The molecule has 0 radical (unpaired) electrons. The van der Waals surface area contributed by atoms with E-state index in [9.17, 15) is 9.59 Å². The highest BCUT2D eigenvalue weighted by Gasteiger charge is 2.42. The van der Waals surface area contributed by atoms with E-state index >= 15 is 0 Å². The molecule has 0 unspecified atom stereocenters. The van der Waals surface area contributed by atoms with Gasteiger partial charge < -0.3 is 20.1 Å². The number of rotatable bonds is 8. The standard InChI is InChI=1S/C22H34N4O4/c1-3-26(21(28)25-15-17-6-9-24-10-7-17)20(27)19(16-23-2)13-18-5-4-8-22(14-18)29-11-12-30-22/h6-7,9-10,18-19,23H,3-5,8,11-16H2,1-2H3,(H,25,28)/t18-,19-/m1/s1. The van der Waals surface area contributed by atoms with Crippen molar-refractivity contribution in [2.24, 2.45) is 11.8 Å². The molecule has 0 aromatic carbocycles. The van der Waals surface area contributed by atoms with Gasteiger partial charge in [0.25, 0.3) is 0 Å². The lowest BCUT2D eigenvalue weighted by atomic mass is 9.79. The second kappa shape index (κ2) is 10.8. The van der Waals surface area contributed by atoms with Gasteiger partial charge >= 0.3 is 6.03 Å². The van der Waals surface area contributed by atoms with Crippen molar-refractivity contribution in [1.82, 2.24) is 20.5 Å². The smallest absolute Gasteiger partial charge is 0.324 e. The first-order valence-electron chi connectivity index (χ1n) is 11.0. The van der Waals surface area contributed by atoms with Crippen molar-refractivity contribution < 1.29 is 19.1 Å². The van der Waals surface area contributed by atoms with Crippen LogP contribution in [0.4, 0.5) is 4.79 Å². The fourth-order valence-corrected chi connectivity index (χ4v) is 4.58. The van der Waals surface area contributed by atoms with Gasteiger partial charge in [0, 0.05) is 44.9 Å².